The molecule has 0 aliphatic heterocycles. The van der Waals surface area contributed by atoms with Crippen molar-refractivity contribution < 1.29 is 35.7 Å². The summed E-state index contributed by atoms with van der Waals surface area (Å²) in [5.74, 6) is 0. The summed E-state index contributed by atoms with van der Waals surface area (Å²) in [4.78, 5) is 31.0. The van der Waals surface area contributed by atoms with Crippen molar-refractivity contribution in [3.8, 4) is 0 Å². The van der Waals surface area contributed by atoms with E-state index in [2.05, 4.69) is 27.2 Å². The van der Waals surface area contributed by atoms with Crippen LogP contribution in [0, 0.1) is 0 Å². The van der Waals surface area contributed by atoms with Crippen LogP contribution in [0.2, 0.25) is 0 Å². The molecule has 0 N–H and O–H groups in total. The molecule has 0 saturated carbocycles. The van der Waals surface area contributed by atoms with Gasteiger partial charge >= 0.3 is 0 Å². The van der Waals surface area contributed by atoms with Crippen molar-refractivity contribution in [2.24, 2.45) is 0 Å². The second-order valence-electron chi connectivity index (χ2n) is 0. The predicted octanol–water partition coefficient (Wildman–Crippen LogP) is -1.10. The molecule has 0 atom stereocenters. The van der Waals surface area contributed by atoms with Gasteiger partial charge in [0.1, 0.15) is 0 Å². The first-order chi connectivity index (χ1) is 4.00. The first kappa shape index (κ1) is 41.8. The summed E-state index contributed by atoms with van der Waals surface area (Å²) in [7, 11) is 0. The first-order valence-corrected chi connectivity index (χ1v) is 0.943. The monoisotopic (exact) mass is 174 g/mol. The quantitative estimate of drug-likeness (QED) is 0.266. The summed E-state index contributed by atoms with van der Waals surface area (Å²) in [6, 6.07) is 0. The number of carbonyl (C=O) groups excluding carboxylic acids is 4. The summed E-state index contributed by atoms with van der Waals surface area (Å²) < 4.78 is 0. The molecule has 0 radical (unpaired) electrons. The molecule has 0 aromatic heterocycles. The van der Waals surface area contributed by atoms with Gasteiger partial charge in [-0.15, -0.1) is 0 Å². The van der Waals surface area contributed by atoms with E-state index in [4.69, 9.17) is 19.2 Å². The van der Waals surface area contributed by atoms with Crippen molar-refractivity contribution in [1.29, 1.82) is 0 Å². The van der Waals surface area contributed by atoms with Crippen LogP contribution >= 0.6 is 0 Å². The van der Waals surface area contributed by atoms with E-state index in [1.807, 2.05) is 0 Å². The van der Waals surface area contributed by atoms with Crippen molar-refractivity contribution >= 4 is 27.2 Å². The molecule has 0 unspecified atom stereocenters. The van der Waals surface area contributed by atoms with Crippen LogP contribution in [0.15, 0.2) is 0 Å². The van der Waals surface area contributed by atoms with Gasteiger partial charge in [0.05, 0.1) is 0 Å². The number of hydrogen-bond acceptors (Lipinski definition) is 4. The molecular weight excluding hydrogens is 171 g/mol. The Morgan fingerprint density at radius 3 is 0.444 bits per heavy atom. The van der Waals surface area contributed by atoms with E-state index >= 15 is 0 Å². The van der Waals surface area contributed by atoms with Gasteiger partial charge in [0.15, 0.2) is 0 Å². The van der Waals surface area contributed by atoms with E-state index < -0.39 is 0 Å². The molecule has 0 aromatic carbocycles. The maximum absolute atomic E-state index is 7.75. The minimum atomic E-state index is 0. The fourth-order valence-corrected chi connectivity index (χ4v) is 0. The third kappa shape index (κ3) is 281. The van der Waals surface area contributed by atoms with E-state index in [9.17, 15) is 0 Å². The van der Waals surface area contributed by atoms with Gasteiger partial charge in [-0.1, -0.05) is 0 Å². The van der Waals surface area contributed by atoms with E-state index in [1.165, 1.54) is 0 Å². The van der Waals surface area contributed by atoms with Crippen molar-refractivity contribution in [3.05, 3.63) is 0 Å². The van der Waals surface area contributed by atoms with Crippen molar-refractivity contribution in [2.45, 2.75) is 0 Å². The van der Waals surface area contributed by atoms with Crippen molar-refractivity contribution in [3.63, 3.8) is 0 Å². The summed E-state index contributed by atoms with van der Waals surface area (Å²) in [5, 5.41) is 0. The van der Waals surface area contributed by atoms with Gasteiger partial charge in [-0.25, -0.2) is 0 Å². The van der Waals surface area contributed by atoms with Gasteiger partial charge < -0.3 is 19.2 Å². The Kier molecular flexibility index (Phi) is 1860. The Bertz CT molecular complexity index is 20.5. The third-order valence-corrected chi connectivity index (χ3v) is 0. The Hall–Kier alpha value is -0.826. The van der Waals surface area contributed by atoms with Crippen LogP contribution in [0.25, 0.3) is 0 Å². The molecule has 0 aliphatic carbocycles. The SMILES string of the molecule is [CH-]=O.[CH-]=O.[CH-]=O.[CH-]=O.[Ni]. The van der Waals surface area contributed by atoms with Gasteiger partial charge in [-0.05, 0) is 0 Å². The molecule has 4 nitrogen and oxygen atoms in total. The Morgan fingerprint density at radius 2 is 0.444 bits per heavy atom. The Labute approximate surface area is 63.5 Å². The normalized spacial score (nSPS) is 1.78. The van der Waals surface area contributed by atoms with E-state index in [-0.39, 0.29) is 16.5 Å². The maximum Gasteiger partial charge on any atom is 0 e. The molecule has 0 bridgehead atoms. The molecule has 58 valence electrons. The summed E-state index contributed by atoms with van der Waals surface area (Å²) in [6.07, 6.45) is 0. The maximum atomic E-state index is 7.75. The molecule has 0 aliphatic rings. The molecule has 0 aromatic rings. The molecule has 0 spiro atoms. The van der Waals surface area contributed by atoms with Gasteiger partial charge in [-0.3, -0.25) is 27.2 Å². The molecule has 0 fully saturated rings. The van der Waals surface area contributed by atoms with E-state index in [1.54, 1.807) is 0 Å². The molecule has 5 heteroatoms. The molecule has 0 rings (SSSR count). The standard InChI is InChI=1S/4CHO.Ni/c4*1-2;/h4*1H;/q4*-1;. The molecule has 9 heavy (non-hydrogen) atoms. The minimum Gasteiger partial charge on any atom is -0.545 e. The van der Waals surface area contributed by atoms with Crippen LogP contribution in [0.3, 0.4) is 0 Å². The largest absolute Gasteiger partial charge is 0.545 e. The number of hydrogen-bond donors (Lipinski definition) is 0. The van der Waals surface area contributed by atoms with Crippen LogP contribution in [-0.4, -0.2) is 27.2 Å². The van der Waals surface area contributed by atoms with Crippen LogP contribution in [0.5, 0.6) is 0 Å². The fraction of sp³-hybridized carbons (Fsp3) is 0. The molecule has 0 saturated heterocycles. The van der Waals surface area contributed by atoms with Gasteiger partial charge in [0.25, 0.3) is 0 Å². The van der Waals surface area contributed by atoms with Crippen LogP contribution in [0.1, 0.15) is 0 Å². The second-order valence-corrected chi connectivity index (χ2v) is 0. The minimum absolute atomic E-state index is 0. The summed E-state index contributed by atoms with van der Waals surface area (Å²) >= 11 is 0. The number of rotatable bonds is 0. The molecule has 0 amide bonds. The first-order valence-electron chi connectivity index (χ1n) is 0.943. The topological polar surface area (TPSA) is 68.3 Å². The third-order valence-electron chi connectivity index (χ3n) is 0. The average molecular weight is 175 g/mol. The van der Waals surface area contributed by atoms with Crippen molar-refractivity contribution in [2.75, 3.05) is 0 Å². The zero-order chi connectivity index (χ0) is 8.00. The van der Waals surface area contributed by atoms with Gasteiger partial charge in [0, 0.05) is 16.5 Å². The smallest absolute Gasteiger partial charge is 0 e. The molecule has 0 heterocycles. The second kappa shape index (κ2) is 400. The zero-order valence-corrected chi connectivity index (χ0v) is 5.25. The zero-order valence-electron chi connectivity index (χ0n) is 4.26. The van der Waals surface area contributed by atoms with Crippen LogP contribution in [0.4, 0.5) is 0 Å². The Morgan fingerprint density at radius 1 is 0.444 bits per heavy atom. The predicted molar refractivity (Wildman–Crippen MR) is 27.0 cm³/mol. The van der Waals surface area contributed by atoms with Gasteiger partial charge in [-0.2, -0.15) is 0 Å². The van der Waals surface area contributed by atoms with Gasteiger partial charge in [0.2, 0.25) is 0 Å². The van der Waals surface area contributed by atoms with Crippen LogP contribution < -0.4 is 0 Å². The van der Waals surface area contributed by atoms with Crippen molar-refractivity contribution in [1.82, 2.24) is 0 Å². The van der Waals surface area contributed by atoms with E-state index in [0.717, 1.165) is 0 Å². The Balaban J connectivity index is -0.00000000762. The molecular formula is C4H4NiO4-4. The fourth-order valence-electron chi connectivity index (χ4n) is 0. The van der Waals surface area contributed by atoms with Crippen LogP contribution in [-0.2, 0) is 35.7 Å². The average Bonchev–Trinajstić information content (AvgIpc) is 2.03. The summed E-state index contributed by atoms with van der Waals surface area (Å²) in [5.41, 5.74) is 0. The summed E-state index contributed by atoms with van der Waals surface area (Å²) in [6.45, 7) is 13.0. The van der Waals surface area contributed by atoms with E-state index in [0.29, 0.717) is 0 Å².